The van der Waals surface area contributed by atoms with Gasteiger partial charge in [-0.15, -0.1) is 0 Å². The van der Waals surface area contributed by atoms with E-state index in [0.717, 1.165) is 32.2 Å². The number of carbonyl (C=O) groups excluding carboxylic acids is 1. The van der Waals surface area contributed by atoms with E-state index in [-0.39, 0.29) is 23.9 Å². The fraction of sp³-hybridized carbons (Fsp3) is 0.419. The first-order valence-electron chi connectivity index (χ1n) is 13.6. The molecular formula is C31H34F3N3O2. The van der Waals surface area contributed by atoms with Gasteiger partial charge in [0.25, 0.3) is 0 Å². The van der Waals surface area contributed by atoms with Crippen molar-refractivity contribution < 1.29 is 22.7 Å². The van der Waals surface area contributed by atoms with Crippen LogP contribution in [0.25, 0.3) is 0 Å². The molecule has 3 N–H and O–H groups in total. The molecule has 1 aliphatic carbocycles. The zero-order valence-electron chi connectivity index (χ0n) is 21.8. The Bertz CT molecular complexity index is 1230. The number of nitrogens with zero attached hydrogens (tertiary/aromatic N) is 1. The van der Waals surface area contributed by atoms with Crippen molar-refractivity contribution in [2.75, 3.05) is 13.1 Å². The Morgan fingerprint density at radius 2 is 1.62 bits per heavy atom. The molecule has 1 aromatic heterocycles. The fourth-order valence-corrected chi connectivity index (χ4v) is 6.05. The molecule has 1 spiro atoms. The van der Waals surface area contributed by atoms with Crippen LogP contribution in [0.2, 0.25) is 0 Å². The van der Waals surface area contributed by atoms with E-state index in [2.05, 4.69) is 10.3 Å². The SMILES string of the molecule is N[C@H](C(=O)Cc1cncc(F)c1CC[C@@H]1CNCC2(CCCC2)O1)C(c1ccc(F)cc1)c1ccc(F)cc1. The summed E-state index contributed by atoms with van der Waals surface area (Å²) in [7, 11) is 0. The smallest absolute Gasteiger partial charge is 0.154 e. The second kappa shape index (κ2) is 12.0. The maximum atomic E-state index is 15.0. The van der Waals surface area contributed by atoms with Crippen LogP contribution in [-0.2, 0) is 22.4 Å². The third-order valence-corrected chi connectivity index (χ3v) is 8.11. The van der Waals surface area contributed by atoms with E-state index in [1.807, 2.05) is 0 Å². The summed E-state index contributed by atoms with van der Waals surface area (Å²) in [5.74, 6) is -2.23. The lowest BCUT2D eigenvalue weighted by Gasteiger charge is -2.39. The van der Waals surface area contributed by atoms with Crippen molar-refractivity contribution in [2.45, 2.75) is 68.6 Å². The van der Waals surface area contributed by atoms with Crippen LogP contribution in [0.5, 0.6) is 0 Å². The van der Waals surface area contributed by atoms with Gasteiger partial charge in [-0.25, -0.2) is 13.2 Å². The molecule has 2 aromatic carbocycles. The van der Waals surface area contributed by atoms with Crippen LogP contribution >= 0.6 is 0 Å². The predicted octanol–water partition coefficient (Wildman–Crippen LogP) is 5.00. The zero-order valence-corrected chi connectivity index (χ0v) is 21.8. The maximum Gasteiger partial charge on any atom is 0.154 e. The Balaban J connectivity index is 1.33. The van der Waals surface area contributed by atoms with Gasteiger partial charge in [-0.3, -0.25) is 9.78 Å². The number of morpholine rings is 1. The molecule has 39 heavy (non-hydrogen) atoms. The average molecular weight is 538 g/mol. The van der Waals surface area contributed by atoms with Gasteiger partial charge in [-0.1, -0.05) is 37.1 Å². The van der Waals surface area contributed by atoms with Gasteiger partial charge in [0.1, 0.15) is 17.5 Å². The maximum absolute atomic E-state index is 15.0. The number of carbonyl (C=O) groups is 1. The highest BCUT2D eigenvalue weighted by atomic mass is 19.1. The summed E-state index contributed by atoms with van der Waals surface area (Å²) >= 11 is 0. The second-order valence-corrected chi connectivity index (χ2v) is 10.8. The lowest BCUT2D eigenvalue weighted by molar-refractivity contribution is -0.119. The number of aromatic nitrogens is 1. The van der Waals surface area contributed by atoms with Crippen LogP contribution in [0.15, 0.2) is 60.9 Å². The number of ketones is 1. The van der Waals surface area contributed by atoms with E-state index >= 15 is 0 Å². The minimum atomic E-state index is -1.02. The summed E-state index contributed by atoms with van der Waals surface area (Å²) in [6.07, 6.45) is 8.00. The number of pyridine rings is 1. The summed E-state index contributed by atoms with van der Waals surface area (Å²) in [6.45, 7) is 1.57. The Morgan fingerprint density at radius 1 is 1.00 bits per heavy atom. The Morgan fingerprint density at radius 3 is 2.23 bits per heavy atom. The van der Waals surface area contributed by atoms with Crippen LogP contribution in [0.1, 0.15) is 60.3 Å². The topological polar surface area (TPSA) is 77.2 Å². The van der Waals surface area contributed by atoms with E-state index in [0.29, 0.717) is 41.6 Å². The largest absolute Gasteiger partial charge is 0.369 e. The molecule has 2 heterocycles. The highest BCUT2D eigenvalue weighted by molar-refractivity contribution is 5.87. The summed E-state index contributed by atoms with van der Waals surface area (Å²) < 4.78 is 48.7. The number of nitrogens with one attached hydrogen (secondary N) is 1. The summed E-state index contributed by atoms with van der Waals surface area (Å²) in [5, 5.41) is 3.48. The minimum absolute atomic E-state index is 0.0310. The highest BCUT2D eigenvalue weighted by Gasteiger charge is 2.39. The number of halogens is 3. The molecule has 0 amide bonds. The fourth-order valence-electron chi connectivity index (χ4n) is 6.05. The summed E-state index contributed by atoms with van der Waals surface area (Å²) in [5.41, 5.74) is 8.60. The number of ether oxygens (including phenoxy) is 1. The molecule has 2 aliphatic rings. The van der Waals surface area contributed by atoms with Crippen molar-refractivity contribution in [1.29, 1.82) is 0 Å². The van der Waals surface area contributed by atoms with Crippen LogP contribution in [0.3, 0.4) is 0 Å². The number of Topliss-reactive ketones (excluding diaryl/α,β-unsaturated/α-hetero) is 1. The molecule has 5 nitrogen and oxygen atoms in total. The van der Waals surface area contributed by atoms with E-state index in [1.165, 1.54) is 36.7 Å². The summed E-state index contributed by atoms with van der Waals surface area (Å²) in [4.78, 5) is 17.5. The van der Waals surface area contributed by atoms with Crippen molar-refractivity contribution >= 4 is 5.78 Å². The van der Waals surface area contributed by atoms with Crippen LogP contribution in [-0.4, -0.2) is 41.6 Å². The van der Waals surface area contributed by atoms with Gasteiger partial charge in [0.15, 0.2) is 5.78 Å². The molecule has 3 aromatic rings. The first kappa shape index (κ1) is 27.5. The molecule has 2 atom stereocenters. The van der Waals surface area contributed by atoms with E-state index < -0.39 is 29.4 Å². The third-order valence-electron chi connectivity index (χ3n) is 8.11. The van der Waals surface area contributed by atoms with Crippen molar-refractivity contribution in [2.24, 2.45) is 5.73 Å². The van der Waals surface area contributed by atoms with Gasteiger partial charge < -0.3 is 15.8 Å². The Labute approximate surface area is 227 Å². The molecule has 0 unspecified atom stereocenters. The van der Waals surface area contributed by atoms with E-state index in [1.54, 1.807) is 24.3 Å². The van der Waals surface area contributed by atoms with Gasteiger partial charge in [0, 0.05) is 31.6 Å². The molecular weight excluding hydrogens is 503 g/mol. The molecule has 1 aliphatic heterocycles. The highest BCUT2D eigenvalue weighted by Crippen LogP contribution is 2.36. The molecule has 5 rings (SSSR count). The van der Waals surface area contributed by atoms with Gasteiger partial charge >= 0.3 is 0 Å². The van der Waals surface area contributed by atoms with E-state index in [4.69, 9.17) is 10.5 Å². The number of benzene rings is 2. The number of hydrogen-bond donors (Lipinski definition) is 2. The molecule has 0 bridgehead atoms. The minimum Gasteiger partial charge on any atom is -0.369 e. The molecule has 0 radical (unpaired) electrons. The van der Waals surface area contributed by atoms with Crippen LogP contribution in [0, 0.1) is 17.5 Å². The van der Waals surface area contributed by atoms with Crippen LogP contribution < -0.4 is 11.1 Å². The monoisotopic (exact) mass is 537 g/mol. The lowest BCUT2D eigenvalue weighted by atomic mass is 9.82. The first-order valence-corrected chi connectivity index (χ1v) is 13.6. The number of rotatable bonds is 9. The van der Waals surface area contributed by atoms with Crippen molar-refractivity contribution in [3.05, 3.63) is 101 Å². The van der Waals surface area contributed by atoms with Gasteiger partial charge in [-0.2, -0.15) is 0 Å². The van der Waals surface area contributed by atoms with Crippen molar-refractivity contribution in [1.82, 2.24) is 10.3 Å². The summed E-state index contributed by atoms with van der Waals surface area (Å²) in [6, 6.07) is 10.5. The number of nitrogens with two attached hydrogens (primary N) is 1. The number of hydrogen-bond acceptors (Lipinski definition) is 5. The van der Waals surface area contributed by atoms with Gasteiger partial charge in [0.2, 0.25) is 0 Å². The Kier molecular flexibility index (Phi) is 8.45. The second-order valence-electron chi connectivity index (χ2n) is 10.8. The van der Waals surface area contributed by atoms with E-state index in [9.17, 15) is 18.0 Å². The lowest BCUT2D eigenvalue weighted by Crippen LogP contribution is -2.52. The molecule has 2 fully saturated rings. The normalized spacial score (nSPS) is 19.5. The third kappa shape index (κ3) is 6.40. The molecule has 1 saturated heterocycles. The first-order chi connectivity index (χ1) is 18.8. The average Bonchev–Trinajstić information content (AvgIpc) is 3.37. The van der Waals surface area contributed by atoms with Crippen molar-refractivity contribution in [3.63, 3.8) is 0 Å². The Hall–Kier alpha value is -3.07. The molecule has 1 saturated carbocycles. The molecule has 8 heteroatoms. The van der Waals surface area contributed by atoms with Crippen molar-refractivity contribution in [3.8, 4) is 0 Å². The zero-order chi connectivity index (χ0) is 27.4. The molecule has 206 valence electrons. The predicted molar refractivity (Wildman–Crippen MR) is 143 cm³/mol. The van der Waals surface area contributed by atoms with Crippen LogP contribution in [0.4, 0.5) is 13.2 Å². The van der Waals surface area contributed by atoms with Gasteiger partial charge in [-0.05, 0) is 72.2 Å². The standard InChI is InChI=1S/C31H34F3N3O2/c32-23-7-3-20(4-8-23)29(21-5-9-24(33)10-6-21)30(35)28(38)15-22-16-36-18-27(34)26(22)12-11-25-17-37-19-31(39-25)13-1-2-14-31/h3-10,16,18,25,29-30,37H,1-2,11-15,17,19,35H2/t25-,30-/m1/s1. The van der Waals surface area contributed by atoms with Gasteiger partial charge in [0.05, 0.1) is 23.9 Å². The quantitative estimate of drug-likeness (QED) is 0.402.